The van der Waals surface area contributed by atoms with Gasteiger partial charge in [0.2, 0.25) is 0 Å². The fourth-order valence-corrected chi connectivity index (χ4v) is 2.92. The van der Waals surface area contributed by atoms with E-state index in [9.17, 15) is 0 Å². The van der Waals surface area contributed by atoms with Crippen LogP contribution in [0, 0.1) is 5.92 Å². The highest BCUT2D eigenvalue weighted by molar-refractivity contribution is 4.84. The lowest BCUT2D eigenvalue weighted by Crippen LogP contribution is -1.98. The third-order valence-corrected chi connectivity index (χ3v) is 4.27. The van der Waals surface area contributed by atoms with Gasteiger partial charge < -0.3 is 0 Å². The Kier molecular flexibility index (Phi) is 16.6. The minimum atomic E-state index is 0.951. The summed E-state index contributed by atoms with van der Waals surface area (Å²) in [5.41, 5.74) is 0. The monoisotopic (exact) mass is 280 g/mol. The van der Waals surface area contributed by atoms with Crippen LogP contribution in [0.15, 0.2) is 12.2 Å². The first-order valence-corrected chi connectivity index (χ1v) is 9.50. The summed E-state index contributed by atoms with van der Waals surface area (Å²) in [6, 6.07) is 0. The van der Waals surface area contributed by atoms with Crippen molar-refractivity contribution in [1.29, 1.82) is 0 Å². The molecule has 0 aliphatic carbocycles. The Morgan fingerprint density at radius 1 is 0.600 bits per heavy atom. The molecular weight excluding hydrogens is 240 g/mol. The Morgan fingerprint density at radius 2 is 1.25 bits per heavy atom. The molecule has 0 spiro atoms. The van der Waals surface area contributed by atoms with Gasteiger partial charge in [-0.2, -0.15) is 0 Å². The summed E-state index contributed by atoms with van der Waals surface area (Å²) in [6.07, 6.45) is 24.5. The van der Waals surface area contributed by atoms with Crippen LogP contribution in [0.5, 0.6) is 0 Å². The lowest BCUT2D eigenvalue weighted by molar-refractivity contribution is 0.428. The van der Waals surface area contributed by atoms with Crippen molar-refractivity contribution in [1.82, 2.24) is 0 Å². The first-order valence-electron chi connectivity index (χ1n) is 9.50. The van der Waals surface area contributed by atoms with Gasteiger partial charge in [-0.3, -0.25) is 0 Å². The van der Waals surface area contributed by atoms with Gasteiger partial charge in [-0.05, 0) is 25.2 Å². The lowest BCUT2D eigenvalue weighted by atomic mass is 9.93. The largest absolute Gasteiger partial charge is 0.0885 e. The van der Waals surface area contributed by atoms with Gasteiger partial charge in [0.25, 0.3) is 0 Å². The second kappa shape index (κ2) is 16.8. The van der Waals surface area contributed by atoms with Crippen LogP contribution >= 0.6 is 0 Å². The summed E-state index contributed by atoms with van der Waals surface area (Å²) < 4.78 is 0. The first kappa shape index (κ1) is 19.7. The molecule has 120 valence electrons. The number of hydrogen-bond donors (Lipinski definition) is 0. The highest BCUT2D eigenvalue weighted by Crippen LogP contribution is 2.20. The third kappa shape index (κ3) is 14.2. The lowest BCUT2D eigenvalue weighted by Gasteiger charge is -2.13. The van der Waals surface area contributed by atoms with Crippen LogP contribution in [0.2, 0.25) is 0 Å². The van der Waals surface area contributed by atoms with Crippen LogP contribution in [0.1, 0.15) is 111 Å². The molecule has 0 aromatic heterocycles. The van der Waals surface area contributed by atoms with Gasteiger partial charge >= 0.3 is 0 Å². The molecule has 0 heterocycles. The maximum absolute atomic E-state index is 2.47. The van der Waals surface area contributed by atoms with Crippen LogP contribution in [-0.4, -0.2) is 0 Å². The van der Waals surface area contributed by atoms with Crippen molar-refractivity contribution in [3.05, 3.63) is 12.2 Å². The number of hydrogen-bond acceptors (Lipinski definition) is 0. The van der Waals surface area contributed by atoms with E-state index in [1.165, 1.54) is 89.9 Å². The highest BCUT2D eigenvalue weighted by atomic mass is 14.1. The Labute approximate surface area is 129 Å². The predicted molar refractivity (Wildman–Crippen MR) is 94.3 cm³/mol. The Bertz CT molecular complexity index is 192. The predicted octanol–water partition coefficient (Wildman–Crippen LogP) is 7.68. The van der Waals surface area contributed by atoms with E-state index in [4.69, 9.17) is 0 Å². The average Bonchev–Trinajstić information content (AvgIpc) is 2.45. The van der Waals surface area contributed by atoms with Crippen molar-refractivity contribution < 1.29 is 0 Å². The summed E-state index contributed by atoms with van der Waals surface area (Å²) in [7, 11) is 0. The molecule has 0 heteroatoms. The molecule has 0 rings (SSSR count). The van der Waals surface area contributed by atoms with Crippen molar-refractivity contribution in [2.45, 2.75) is 111 Å². The molecule has 20 heavy (non-hydrogen) atoms. The van der Waals surface area contributed by atoms with Gasteiger partial charge in [-0.25, -0.2) is 0 Å². The maximum atomic E-state index is 2.47. The molecule has 0 N–H and O–H groups in total. The smallest absolute Gasteiger partial charge is 0.0322 e. The van der Waals surface area contributed by atoms with Gasteiger partial charge in [0.1, 0.15) is 0 Å². The summed E-state index contributed by atoms with van der Waals surface area (Å²) in [4.78, 5) is 0. The van der Waals surface area contributed by atoms with E-state index in [2.05, 4.69) is 32.9 Å². The van der Waals surface area contributed by atoms with E-state index in [-0.39, 0.29) is 0 Å². The van der Waals surface area contributed by atoms with Gasteiger partial charge in [-0.1, -0.05) is 104 Å². The Hall–Kier alpha value is -0.260. The van der Waals surface area contributed by atoms with E-state index >= 15 is 0 Å². The zero-order chi connectivity index (χ0) is 14.9. The van der Waals surface area contributed by atoms with Crippen LogP contribution in [0.25, 0.3) is 0 Å². The molecule has 0 amide bonds. The van der Waals surface area contributed by atoms with Crippen molar-refractivity contribution in [3.63, 3.8) is 0 Å². The normalized spacial score (nSPS) is 13.2. The average molecular weight is 281 g/mol. The molecule has 0 fully saturated rings. The molecule has 0 radical (unpaired) electrons. The van der Waals surface area contributed by atoms with E-state index in [1.807, 2.05) is 0 Å². The van der Waals surface area contributed by atoms with Crippen molar-refractivity contribution >= 4 is 0 Å². The van der Waals surface area contributed by atoms with Crippen molar-refractivity contribution in [3.8, 4) is 0 Å². The topological polar surface area (TPSA) is 0 Å². The number of unbranched alkanes of at least 4 members (excludes halogenated alkanes) is 8. The quantitative estimate of drug-likeness (QED) is 0.213. The molecular formula is C20H40. The molecule has 0 aliphatic rings. The molecule has 0 aromatic carbocycles. The summed E-state index contributed by atoms with van der Waals surface area (Å²) in [5.74, 6) is 0.951. The second-order valence-corrected chi connectivity index (χ2v) is 6.41. The molecule has 0 aliphatic heterocycles. The van der Waals surface area contributed by atoms with Gasteiger partial charge in [-0.15, -0.1) is 0 Å². The SMILES string of the molecule is CCCCCCCCC=CCC(CCC)CCCCC. The van der Waals surface area contributed by atoms with E-state index in [0.717, 1.165) is 5.92 Å². The molecule has 0 nitrogen and oxygen atoms in total. The highest BCUT2D eigenvalue weighted by Gasteiger charge is 2.04. The van der Waals surface area contributed by atoms with Crippen LogP contribution in [-0.2, 0) is 0 Å². The fraction of sp³-hybridized carbons (Fsp3) is 0.900. The molecule has 0 aromatic rings. The molecule has 1 unspecified atom stereocenters. The van der Waals surface area contributed by atoms with E-state index < -0.39 is 0 Å². The van der Waals surface area contributed by atoms with Crippen LogP contribution in [0.4, 0.5) is 0 Å². The fourth-order valence-electron chi connectivity index (χ4n) is 2.92. The third-order valence-electron chi connectivity index (χ3n) is 4.27. The van der Waals surface area contributed by atoms with E-state index in [1.54, 1.807) is 0 Å². The molecule has 1 atom stereocenters. The first-order chi connectivity index (χ1) is 9.85. The zero-order valence-electron chi connectivity index (χ0n) is 14.6. The standard InChI is InChI=1S/C20H40/c1-4-7-9-10-11-12-13-14-16-19-20(17-6-3)18-15-8-5-2/h14,16,20H,4-13,15,17-19H2,1-3H3. The van der Waals surface area contributed by atoms with Crippen LogP contribution in [0.3, 0.4) is 0 Å². The molecule has 0 saturated carbocycles. The number of allylic oxidation sites excluding steroid dienone is 2. The number of rotatable bonds is 15. The van der Waals surface area contributed by atoms with Crippen molar-refractivity contribution in [2.24, 2.45) is 5.92 Å². The second-order valence-electron chi connectivity index (χ2n) is 6.41. The summed E-state index contributed by atoms with van der Waals surface area (Å²) in [5, 5.41) is 0. The minimum Gasteiger partial charge on any atom is -0.0885 e. The maximum Gasteiger partial charge on any atom is -0.0322 e. The van der Waals surface area contributed by atoms with Gasteiger partial charge in [0.05, 0.1) is 0 Å². The summed E-state index contributed by atoms with van der Waals surface area (Å²) >= 11 is 0. The minimum absolute atomic E-state index is 0.951. The Balaban J connectivity index is 3.51. The van der Waals surface area contributed by atoms with E-state index in [0.29, 0.717) is 0 Å². The Morgan fingerprint density at radius 3 is 1.95 bits per heavy atom. The van der Waals surface area contributed by atoms with Crippen molar-refractivity contribution in [2.75, 3.05) is 0 Å². The summed E-state index contributed by atoms with van der Waals surface area (Å²) in [6.45, 7) is 6.91. The van der Waals surface area contributed by atoms with Crippen LogP contribution < -0.4 is 0 Å². The van der Waals surface area contributed by atoms with Gasteiger partial charge in [0, 0.05) is 0 Å². The molecule has 0 bridgehead atoms. The zero-order valence-corrected chi connectivity index (χ0v) is 14.6. The van der Waals surface area contributed by atoms with Gasteiger partial charge in [0.15, 0.2) is 0 Å². The molecule has 0 saturated heterocycles.